The number of carbonyl (C=O) groups excluding carboxylic acids is 1. The van der Waals surface area contributed by atoms with Crippen molar-refractivity contribution in [3.05, 3.63) is 22.4 Å². The van der Waals surface area contributed by atoms with Gasteiger partial charge in [0.25, 0.3) is 0 Å². The molecule has 1 aromatic rings. The van der Waals surface area contributed by atoms with Gasteiger partial charge in [0.05, 0.1) is 6.61 Å². The second-order valence-corrected chi connectivity index (χ2v) is 5.85. The molecule has 1 fully saturated rings. The number of rotatable bonds is 4. The minimum absolute atomic E-state index is 0. The van der Waals surface area contributed by atoms with E-state index < -0.39 is 6.04 Å². The molecule has 0 bridgehead atoms. The zero-order chi connectivity index (χ0) is 13.0. The monoisotopic (exact) mass is 340 g/mol. The lowest BCUT2D eigenvalue weighted by atomic mass is 9.98. The molecule has 1 saturated heterocycles. The number of likely N-dealkylation sites (tertiary alicyclic amines) is 1. The maximum atomic E-state index is 11.8. The average Bonchev–Trinajstić information content (AvgIpc) is 2.90. The van der Waals surface area contributed by atoms with Crippen LogP contribution >= 0.6 is 36.2 Å². The Balaban J connectivity index is 0.00000180. The first kappa shape index (κ1) is 19.7. The first-order valence-corrected chi connectivity index (χ1v) is 7.19. The molecule has 0 aromatic carbocycles. The standard InChI is InChI=1S/C13H20N2O2S.2ClH/c1-15-6-4-10(5-7-15)9-17-13(16)12(14)11-3-2-8-18-11;;/h2-3,8,10,12H,4-7,9,14H2,1H3;2*1H. The van der Waals surface area contributed by atoms with Gasteiger partial charge in [-0.05, 0) is 50.3 Å². The summed E-state index contributed by atoms with van der Waals surface area (Å²) in [6, 6.07) is 3.13. The summed E-state index contributed by atoms with van der Waals surface area (Å²) in [6.45, 7) is 2.67. The number of nitrogens with two attached hydrogens (primary N) is 1. The largest absolute Gasteiger partial charge is 0.464 e. The van der Waals surface area contributed by atoms with E-state index in [0.29, 0.717) is 12.5 Å². The van der Waals surface area contributed by atoms with Crippen LogP contribution in [0.3, 0.4) is 0 Å². The van der Waals surface area contributed by atoms with Crippen molar-refractivity contribution in [2.24, 2.45) is 11.7 Å². The predicted octanol–water partition coefficient (Wildman–Crippen LogP) is 2.48. The summed E-state index contributed by atoms with van der Waals surface area (Å²) in [5.41, 5.74) is 5.85. The van der Waals surface area contributed by atoms with E-state index in [1.54, 1.807) is 0 Å². The van der Waals surface area contributed by atoms with Gasteiger partial charge < -0.3 is 15.4 Å². The molecule has 4 nitrogen and oxygen atoms in total. The summed E-state index contributed by atoms with van der Waals surface area (Å²) in [5.74, 6) is 0.178. The van der Waals surface area contributed by atoms with Crippen LogP contribution in [0.15, 0.2) is 17.5 Å². The quantitative estimate of drug-likeness (QED) is 0.855. The number of carbonyl (C=O) groups is 1. The normalized spacial score (nSPS) is 17.7. The van der Waals surface area contributed by atoms with Crippen molar-refractivity contribution in [3.63, 3.8) is 0 Å². The minimum atomic E-state index is -0.628. The first-order chi connectivity index (χ1) is 8.66. The smallest absolute Gasteiger partial charge is 0.328 e. The van der Waals surface area contributed by atoms with Gasteiger partial charge in [-0.15, -0.1) is 36.2 Å². The Morgan fingerprint density at radius 2 is 2.15 bits per heavy atom. The zero-order valence-corrected chi connectivity index (χ0v) is 13.9. The average molecular weight is 341 g/mol. The molecule has 0 spiro atoms. The van der Waals surface area contributed by atoms with Crippen LogP contribution in [0.4, 0.5) is 0 Å². The maximum Gasteiger partial charge on any atom is 0.328 e. The Labute approximate surface area is 136 Å². The van der Waals surface area contributed by atoms with E-state index >= 15 is 0 Å². The highest BCUT2D eigenvalue weighted by Gasteiger charge is 2.22. The number of halogens is 2. The topological polar surface area (TPSA) is 55.6 Å². The molecule has 2 rings (SSSR count). The van der Waals surface area contributed by atoms with Gasteiger partial charge in [-0.3, -0.25) is 0 Å². The summed E-state index contributed by atoms with van der Waals surface area (Å²) < 4.78 is 5.33. The molecule has 2 heterocycles. The first-order valence-electron chi connectivity index (χ1n) is 6.31. The van der Waals surface area contributed by atoms with Crippen molar-refractivity contribution in [2.75, 3.05) is 26.7 Å². The minimum Gasteiger partial charge on any atom is -0.464 e. The molecule has 0 saturated carbocycles. The molecule has 7 heteroatoms. The molecular formula is C13H22Cl2N2O2S. The lowest BCUT2D eigenvalue weighted by Gasteiger charge is -2.28. The molecule has 116 valence electrons. The highest BCUT2D eigenvalue weighted by atomic mass is 35.5. The van der Waals surface area contributed by atoms with Crippen LogP contribution in [0, 0.1) is 5.92 Å². The molecular weight excluding hydrogens is 319 g/mol. The van der Waals surface area contributed by atoms with Crippen LogP contribution in [-0.4, -0.2) is 37.6 Å². The summed E-state index contributed by atoms with van der Waals surface area (Å²) in [7, 11) is 2.12. The molecule has 1 unspecified atom stereocenters. The molecule has 1 aliphatic heterocycles. The third kappa shape index (κ3) is 5.58. The van der Waals surface area contributed by atoms with Crippen molar-refractivity contribution < 1.29 is 9.53 Å². The highest BCUT2D eigenvalue weighted by molar-refractivity contribution is 7.10. The Bertz CT molecular complexity index is 382. The summed E-state index contributed by atoms with van der Waals surface area (Å²) >= 11 is 1.49. The highest BCUT2D eigenvalue weighted by Crippen LogP contribution is 2.20. The van der Waals surface area contributed by atoms with E-state index in [0.717, 1.165) is 30.8 Å². The fourth-order valence-corrected chi connectivity index (χ4v) is 2.82. The molecule has 1 atom stereocenters. The SMILES string of the molecule is CN1CCC(COC(=O)C(N)c2cccs2)CC1.Cl.Cl. The molecule has 2 N–H and O–H groups in total. The second kappa shape index (κ2) is 9.58. The van der Waals surface area contributed by atoms with Crippen LogP contribution in [0.2, 0.25) is 0 Å². The lowest BCUT2D eigenvalue weighted by Crippen LogP contribution is -2.33. The van der Waals surface area contributed by atoms with Crippen LogP contribution in [0.5, 0.6) is 0 Å². The van der Waals surface area contributed by atoms with E-state index in [-0.39, 0.29) is 30.8 Å². The number of piperidine rings is 1. The number of nitrogens with zero attached hydrogens (tertiary/aromatic N) is 1. The fraction of sp³-hybridized carbons (Fsp3) is 0.615. The van der Waals surface area contributed by atoms with E-state index in [4.69, 9.17) is 10.5 Å². The lowest BCUT2D eigenvalue weighted by molar-refractivity contribution is -0.147. The van der Waals surface area contributed by atoms with Crippen LogP contribution in [0.25, 0.3) is 0 Å². The van der Waals surface area contributed by atoms with Crippen molar-refractivity contribution in [3.8, 4) is 0 Å². The van der Waals surface area contributed by atoms with Crippen molar-refractivity contribution in [1.82, 2.24) is 4.90 Å². The van der Waals surface area contributed by atoms with Gasteiger partial charge in [0, 0.05) is 4.88 Å². The Hall–Kier alpha value is -0.330. The van der Waals surface area contributed by atoms with Gasteiger partial charge in [0.15, 0.2) is 0 Å². The summed E-state index contributed by atoms with van der Waals surface area (Å²) in [5, 5.41) is 1.92. The molecule has 20 heavy (non-hydrogen) atoms. The van der Waals surface area contributed by atoms with Crippen molar-refractivity contribution in [2.45, 2.75) is 18.9 Å². The number of thiophene rings is 1. The van der Waals surface area contributed by atoms with Crippen molar-refractivity contribution >= 4 is 42.1 Å². The van der Waals surface area contributed by atoms with Gasteiger partial charge in [0.1, 0.15) is 6.04 Å². The van der Waals surface area contributed by atoms with E-state index in [9.17, 15) is 4.79 Å². The molecule has 0 amide bonds. The number of hydrogen-bond donors (Lipinski definition) is 1. The number of esters is 1. The van der Waals surface area contributed by atoms with Gasteiger partial charge in [0.2, 0.25) is 0 Å². The Kier molecular flexibility index (Phi) is 9.42. The summed E-state index contributed by atoms with van der Waals surface area (Å²) in [6.07, 6.45) is 2.19. The Morgan fingerprint density at radius 3 is 2.70 bits per heavy atom. The molecule has 1 aliphatic rings. The number of hydrogen-bond acceptors (Lipinski definition) is 5. The van der Waals surface area contributed by atoms with Gasteiger partial charge in [-0.1, -0.05) is 6.07 Å². The third-order valence-electron chi connectivity index (χ3n) is 3.40. The fourth-order valence-electron chi connectivity index (χ4n) is 2.10. The summed E-state index contributed by atoms with van der Waals surface area (Å²) in [4.78, 5) is 15.0. The van der Waals surface area contributed by atoms with Crippen molar-refractivity contribution in [1.29, 1.82) is 0 Å². The van der Waals surface area contributed by atoms with E-state index in [2.05, 4.69) is 11.9 Å². The zero-order valence-electron chi connectivity index (χ0n) is 11.5. The molecule has 0 aliphatic carbocycles. The van der Waals surface area contributed by atoms with Gasteiger partial charge in [-0.25, -0.2) is 4.79 Å². The molecule has 1 aromatic heterocycles. The maximum absolute atomic E-state index is 11.8. The predicted molar refractivity (Wildman–Crippen MR) is 86.9 cm³/mol. The van der Waals surface area contributed by atoms with E-state index in [1.807, 2.05) is 17.5 Å². The van der Waals surface area contributed by atoms with Crippen LogP contribution < -0.4 is 5.73 Å². The van der Waals surface area contributed by atoms with Crippen LogP contribution in [-0.2, 0) is 9.53 Å². The third-order valence-corrected chi connectivity index (χ3v) is 4.36. The van der Waals surface area contributed by atoms with Gasteiger partial charge in [-0.2, -0.15) is 0 Å². The van der Waals surface area contributed by atoms with Crippen LogP contribution in [0.1, 0.15) is 23.8 Å². The molecule has 0 radical (unpaired) electrons. The van der Waals surface area contributed by atoms with E-state index in [1.165, 1.54) is 11.3 Å². The Morgan fingerprint density at radius 1 is 1.50 bits per heavy atom. The van der Waals surface area contributed by atoms with Gasteiger partial charge >= 0.3 is 5.97 Å². The number of ether oxygens (including phenoxy) is 1. The second-order valence-electron chi connectivity index (χ2n) is 4.87.